The molecule has 2 heterocycles. The van der Waals surface area contributed by atoms with Crippen molar-refractivity contribution in [2.75, 3.05) is 19.6 Å². The number of ketones is 1. The van der Waals surface area contributed by atoms with Crippen molar-refractivity contribution in [2.24, 2.45) is 5.92 Å². The molecule has 1 N–H and O–H groups in total. The van der Waals surface area contributed by atoms with Crippen molar-refractivity contribution in [3.05, 3.63) is 39.7 Å². The molecule has 1 atom stereocenters. The second kappa shape index (κ2) is 6.77. The number of likely N-dealkylation sites (tertiary alicyclic amines) is 1. The van der Waals surface area contributed by atoms with E-state index >= 15 is 0 Å². The van der Waals surface area contributed by atoms with Crippen LogP contribution in [0.4, 0.5) is 0 Å². The molecule has 0 radical (unpaired) electrons. The summed E-state index contributed by atoms with van der Waals surface area (Å²) in [6, 6.07) is 4.58. The lowest BCUT2D eigenvalue weighted by atomic mass is 9.99. The summed E-state index contributed by atoms with van der Waals surface area (Å²) in [7, 11) is 0. The number of aryl methyl sites for hydroxylation is 1. The van der Waals surface area contributed by atoms with Crippen LogP contribution < -0.4 is 5.63 Å². The van der Waals surface area contributed by atoms with Gasteiger partial charge >= 0.3 is 5.63 Å². The quantitative estimate of drug-likeness (QED) is 0.689. The van der Waals surface area contributed by atoms with E-state index in [1.54, 1.807) is 12.1 Å². The van der Waals surface area contributed by atoms with Crippen LogP contribution in [0.2, 0.25) is 0 Å². The van der Waals surface area contributed by atoms with Crippen molar-refractivity contribution >= 4 is 16.8 Å². The van der Waals surface area contributed by atoms with Crippen LogP contribution in [0.5, 0.6) is 5.75 Å². The fraction of sp³-hybridized carbons (Fsp3) is 0.474. The first-order chi connectivity index (χ1) is 11.4. The summed E-state index contributed by atoms with van der Waals surface area (Å²) >= 11 is 0. The molecule has 24 heavy (non-hydrogen) atoms. The Balaban J connectivity index is 1.79. The molecule has 1 saturated heterocycles. The molecule has 1 aliphatic heterocycles. The van der Waals surface area contributed by atoms with Crippen LogP contribution in [0.25, 0.3) is 11.0 Å². The van der Waals surface area contributed by atoms with Crippen molar-refractivity contribution in [1.82, 2.24) is 4.90 Å². The molecule has 3 rings (SSSR count). The Labute approximate surface area is 140 Å². The highest BCUT2D eigenvalue weighted by molar-refractivity contribution is 5.98. The van der Waals surface area contributed by atoms with Gasteiger partial charge in [0.15, 0.2) is 5.78 Å². The number of benzene rings is 1. The SMILES string of the molecule is Cc1cc(O)cc2oc(=O)c(C(=O)CCN3CCCC(C)C3)cc12. The number of aromatic hydroxyl groups is 1. The van der Waals surface area contributed by atoms with Gasteiger partial charge in [-0.2, -0.15) is 0 Å². The van der Waals surface area contributed by atoms with E-state index in [1.165, 1.54) is 12.5 Å². The van der Waals surface area contributed by atoms with Crippen LogP contribution in [0.3, 0.4) is 0 Å². The topological polar surface area (TPSA) is 70.8 Å². The molecule has 1 unspecified atom stereocenters. The minimum Gasteiger partial charge on any atom is -0.508 e. The van der Waals surface area contributed by atoms with Crippen molar-refractivity contribution in [1.29, 1.82) is 0 Å². The number of carbonyl (C=O) groups is 1. The predicted octanol–water partition coefficient (Wildman–Crippen LogP) is 3.11. The van der Waals surface area contributed by atoms with E-state index < -0.39 is 5.63 Å². The summed E-state index contributed by atoms with van der Waals surface area (Å²) < 4.78 is 5.23. The summed E-state index contributed by atoms with van der Waals surface area (Å²) in [5.74, 6) is 0.521. The van der Waals surface area contributed by atoms with Gasteiger partial charge in [0.25, 0.3) is 0 Å². The van der Waals surface area contributed by atoms with Crippen LogP contribution in [0.15, 0.2) is 27.4 Å². The first-order valence-electron chi connectivity index (χ1n) is 8.47. The molecule has 0 amide bonds. The molecule has 5 heteroatoms. The molecule has 128 valence electrons. The van der Waals surface area contributed by atoms with Gasteiger partial charge in [-0.1, -0.05) is 6.92 Å². The number of rotatable bonds is 4. The molecule has 2 aromatic rings. The Hall–Kier alpha value is -2.14. The highest BCUT2D eigenvalue weighted by Gasteiger charge is 2.19. The number of nitrogens with zero attached hydrogens (tertiary/aromatic N) is 1. The van der Waals surface area contributed by atoms with Crippen molar-refractivity contribution < 1.29 is 14.3 Å². The molecule has 5 nitrogen and oxygen atoms in total. The normalized spacial score (nSPS) is 18.8. The largest absolute Gasteiger partial charge is 0.508 e. The van der Waals surface area contributed by atoms with Gasteiger partial charge < -0.3 is 14.4 Å². The van der Waals surface area contributed by atoms with Gasteiger partial charge in [-0.15, -0.1) is 0 Å². The maximum Gasteiger partial charge on any atom is 0.347 e. The van der Waals surface area contributed by atoms with Crippen molar-refractivity contribution in [3.8, 4) is 5.75 Å². The molecule has 0 saturated carbocycles. The number of piperidine rings is 1. The fourth-order valence-electron chi connectivity index (χ4n) is 3.45. The monoisotopic (exact) mass is 329 g/mol. The van der Waals surface area contributed by atoms with E-state index in [1.807, 2.05) is 6.92 Å². The minimum absolute atomic E-state index is 0.0430. The first-order valence-corrected chi connectivity index (χ1v) is 8.47. The molecule has 0 bridgehead atoms. The van der Waals surface area contributed by atoms with Gasteiger partial charge in [0, 0.05) is 31.0 Å². The zero-order valence-electron chi connectivity index (χ0n) is 14.2. The minimum atomic E-state index is -0.635. The highest BCUT2D eigenvalue weighted by atomic mass is 16.4. The Kier molecular flexibility index (Phi) is 4.71. The molecular weight excluding hydrogens is 306 g/mol. The lowest BCUT2D eigenvalue weighted by molar-refractivity contribution is 0.0945. The van der Waals surface area contributed by atoms with Crippen LogP contribution in [-0.2, 0) is 0 Å². The van der Waals surface area contributed by atoms with Crippen molar-refractivity contribution in [2.45, 2.75) is 33.1 Å². The Morgan fingerprint density at radius 2 is 2.17 bits per heavy atom. The molecule has 1 aromatic heterocycles. The van der Waals surface area contributed by atoms with Gasteiger partial charge in [-0.25, -0.2) is 4.79 Å². The molecule has 1 aliphatic rings. The lowest BCUT2D eigenvalue weighted by Gasteiger charge is -2.30. The smallest absolute Gasteiger partial charge is 0.347 e. The molecule has 0 aliphatic carbocycles. The summed E-state index contributed by atoms with van der Waals surface area (Å²) in [4.78, 5) is 26.9. The van der Waals surface area contributed by atoms with Crippen LogP contribution in [0.1, 0.15) is 42.1 Å². The number of phenols is 1. The van der Waals surface area contributed by atoms with Crippen molar-refractivity contribution in [3.63, 3.8) is 0 Å². The van der Waals surface area contributed by atoms with E-state index in [2.05, 4.69) is 11.8 Å². The maximum absolute atomic E-state index is 12.5. The summed E-state index contributed by atoms with van der Waals surface area (Å²) in [5.41, 5.74) is 0.539. The van der Waals surface area contributed by atoms with Gasteiger partial charge in [-0.3, -0.25) is 4.79 Å². The van der Waals surface area contributed by atoms with Gasteiger partial charge in [-0.05, 0) is 49.9 Å². The zero-order valence-corrected chi connectivity index (χ0v) is 14.2. The van der Waals surface area contributed by atoms with E-state index in [-0.39, 0.29) is 17.1 Å². The molecule has 1 fully saturated rings. The number of Topliss-reactive ketones (excluding diaryl/α,β-unsaturated/α-hetero) is 1. The third-order valence-electron chi connectivity index (χ3n) is 4.74. The second-order valence-corrected chi connectivity index (χ2v) is 6.84. The van der Waals surface area contributed by atoms with Crippen LogP contribution in [0, 0.1) is 12.8 Å². The van der Waals surface area contributed by atoms with Gasteiger partial charge in [0.05, 0.1) is 0 Å². The van der Waals surface area contributed by atoms with Gasteiger partial charge in [0.1, 0.15) is 16.9 Å². The van der Waals surface area contributed by atoms with E-state index in [0.29, 0.717) is 29.9 Å². The average Bonchev–Trinajstić information content (AvgIpc) is 2.52. The summed E-state index contributed by atoms with van der Waals surface area (Å²) in [5, 5.41) is 10.3. The number of hydrogen-bond donors (Lipinski definition) is 1. The Morgan fingerprint density at radius 3 is 2.92 bits per heavy atom. The number of carbonyl (C=O) groups excluding carboxylic acids is 1. The lowest BCUT2D eigenvalue weighted by Crippen LogP contribution is -2.36. The molecule has 1 aromatic carbocycles. The third-order valence-corrected chi connectivity index (χ3v) is 4.74. The zero-order chi connectivity index (χ0) is 17.3. The Bertz CT molecular complexity index is 824. The standard InChI is InChI=1S/C19H23NO4/c1-12-4-3-6-20(11-12)7-5-17(22)16-10-15-13(2)8-14(21)9-18(15)24-19(16)23/h8-10,12,21H,3-7,11H2,1-2H3. The van der Waals surface area contributed by atoms with E-state index in [4.69, 9.17) is 4.42 Å². The number of fused-ring (bicyclic) bond motifs is 1. The molecular formula is C19H23NO4. The summed E-state index contributed by atoms with van der Waals surface area (Å²) in [6.45, 7) is 6.74. The highest BCUT2D eigenvalue weighted by Crippen LogP contribution is 2.24. The number of phenolic OH excluding ortho intramolecular Hbond substituents is 1. The second-order valence-electron chi connectivity index (χ2n) is 6.84. The third kappa shape index (κ3) is 3.51. The van der Waals surface area contributed by atoms with E-state index in [9.17, 15) is 14.7 Å². The van der Waals surface area contributed by atoms with Crippen LogP contribution in [-0.4, -0.2) is 35.4 Å². The van der Waals surface area contributed by atoms with E-state index in [0.717, 1.165) is 25.1 Å². The molecule has 0 spiro atoms. The summed E-state index contributed by atoms with van der Waals surface area (Å²) in [6.07, 6.45) is 2.72. The fourth-order valence-corrected chi connectivity index (χ4v) is 3.45. The predicted molar refractivity (Wildman–Crippen MR) is 92.7 cm³/mol. The number of hydrogen-bond acceptors (Lipinski definition) is 5. The average molecular weight is 329 g/mol. The Morgan fingerprint density at radius 1 is 1.38 bits per heavy atom. The van der Waals surface area contributed by atoms with Gasteiger partial charge in [0.2, 0.25) is 0 Å². The first kappa shape index (κ1) is 16.7. The van der Waals surface area contributed by atoms with Crippen LogP contribution >= 0.6 is 0 Å². The maximum atomic E-state index is 12.5.